The third kappa shape index (κ3) is 5.75. The van der Waals surface area contributed by atoms with Crippen molar-refractivity contribution in [1.82, 2.24) is 19.6 Å². The van der Waals surface area contributed by atoms with Crippen molar-refractivity contribution in [3.05, 3.63) is 0 Å². The largest absolute Gasteiger partial charge is 0.673 e. The predicted molar refractivity (Wildman–Crippen MR) is 211 cm³/mol. The molecular formula is C46H68BCuF4N4-. The van der Waals surface area contributed by atoms with E-state index in [4.69, 9.17) is 0 Å². The molecule has 2 heterocycles. The van der Waals surface area contributed by atoms with Gasteiger partial charge >= 0.3 is 324 Å². The Labute approximate surface area is 339 Å². The predicted octanol–water partition coefficient (Wildman–Crippen LogP) is 9.65. The molecule has 0 spiro atoms. The molecule has 0 aromatic heterocycles. The topological polar surface area (TPSA) is 13.0 Å². The van der Waals surface area contributed by atoms with Gasteiger partial charge in [0.1, 0.15) is 0 Å². The summed E-state index contributed by atoms with van der Waals surface area (Å²) in [5, 5.41) is 0. The van der Waals surface area contributed by atoms with E-state index in [2.05, 4.69) is 33.7 Å². The van der Waals surface area contributed by atoms with E-state index < -0.39 is 7.25 Å². The molecule has 16 saturated carbocycles. The van der Waals surface area contributed by atoms with Crippen LogP contribution in [0.15, 0.2) is 0 Å². The van der Waals surface area contributed by atoms with E-state index in [0.717, 1.165) is 71.0 Å². The summed E-state index contributed by atoms with van der Waals surface area (Å²) in [5.41, 5.74) is 1.90. The van der Waals surface area contributed by atoms with Gasteiger partial charge in [0.05, 0.1) is 0 Å². The molecule has 0 atom stereocenters. The molecule has 0 amide bonds. The van der Waals surface area contributed by atoms with Crippen molar-refractivity contribution in [2.45, 2.75) is 176 Å². The number of rotatable bonds is 4. The fourth-order valence-electron chi connectivity index (χ4n) is 20.5. The molecule has 4 nitrogen and oxygen atoms in total. The van der Waals surface area contributed by atoms with Crippen LogP contribution in [-0.2, 0) is 14.1 Å². The molecule has 0 unspecified atom stereocenters. The van der Waals surface area contributed by atoms with Crippen molar-refractivity contribution in [2.24, 2.45) is 71.0 Å². The van der Waals surface area contributed by atoms with Crippen molar-refractivity contribution in [1.29, 1.82) is 0 Å². The van der Waals surface area contributed by atoms with E-state index in [1.807, 2.05) is 9.33 Å². The van der Waals surface area contributed by atoms with Gasteiger partial charge in [-0.1, -0.05) is 0 Å². The average Bonchev–Trinajstić information content (AvgIpc) is 3.72. The van der Waals surface area contributed by atoms with Crippen LogP contribution in [0.25, 0.3) is 0 Å². The van der Waals surface area contributed by atoms with Crippen LogP contribution in [0.3, 0.4) is 0 Å². The van der Waals surface area contributed by atoms with Crippen LogP contribution in [0.4, 0.5) is 17.3 Å². The second kappa shape index (κ2) is 12.5. The first-order valence-electron chi connectivity index (χ1n) is 24.2. The molecule has 16 aliphatic carbocycles. The number of nitrogens with zero attached hydrogens (tertiary/aromatic N) is 4. The van der Waals surface area contributed by atoms with E-state index >= 15 is 0 Å². The fourth-order valence-corrected chi connectivity index (χ4v) is 22.5. The summed E-state index contributed by atoms with van der Waals surface area (Å²) in [5.74, 6) is 12.3. The zero-order chi connectivity index (χ0) is 37.4. The molecule has 18 rings (SSSR count). The minimum absolute atomic E-state index is 0.474. The molecule has 56 heavy (non-hydrogen) atoms. The molecule has 0 aromatic carbocycles. The number of halogens is 4. The molecule has 2 aliphatic heterocycles. The Morgan fingerprint density at radius 2 is 0.464 bits per heavy atom. The number of hydrogen-bond acceptors (Lipinski definition) is 4. The standard InChI is InChI=1S/2C23H34N2.BF4.Cu/c2*1-2-25(23-12-19-6-20(13-23)8-21(7-19)14-23)15-24(1)22-9-16-3-17(10-22)5-18(4-16)11-22;2-1(3,4)5;/h2*16-21H,1-14H2;;/q;;-1;. The Morgan fingerprint density at radius 1 is 0.321 bits per heavy atom. The Hall–Kier alpha value is -0.116. The third-order valence-electron chi connectivity index (χ3n) is 20.4. The zero-order valence-corrected chi connectivity index (χ0v) is 34.8. The van der Waals surface area contributed by atoms with Crippen LogP contribution in [0.5, 0.6) is 0 Å². The zero-order valence-electron chi connectivity index (χ0n) is 33.9. The van der Waals surface area contributed by atoms with Crippen LogP contribution >= 0.6 is 0 Å². The van der Waals surface area contributed by atoms with E-state index in [-0.39, 0.29) is 0 Å². The van der Waals surface area contributed by atoms with Crippen molar-refractivity contribution in [3.63, 3.8) is 0 Å². The quantitative estimate of drug-likeness (QED) is 0.207. The van der Waals surface area contributed by atoms with Gasteiger partial charge < -0.3 is 17.3 Å². The summed E-state index contributed by atoms with van der Waals surface area (Å²) in [6.07, 6.45) is 37.3. The minimum Gasteiger partial charge on any atom is -0.418 e. The first kappa shape index (κ1) is 36.5. The van der Waals surface area contributed by atoms with Crippen LogP contribution in [0.1, 0.15) is 154 Å². The Bertz CT molecular complexity index is 1340. The van der Waals surface area contributed by atoms with Crippen LogP contribution in [0.2, 0.25) is 0 Å². The van der Waals surface area contributed by atoms with Gasteiger partial charge in [-0.05, 0) is 0 Å². The summed E-state index contributed by atoms with van der Waals surface area (Å²) in [6.45, 7) is 5.37. The summed E-state index contributed by atoms with van der Waals surface area (Å²) in [7, 11) is -6.00. The molecule has 0 aromatic rings. The van der Waals surface area contributed by atoms with Gasteiger partial charge in [-0.15, -0.1) is 0 Å². The average molecular weight is 827 g/mol. The maximum absolute atomic E-state index is 9.75. The molecule has 0 radical (unpaired) electrons. The van der Waals surface area contributed by atoms with Gasteiger partial charge in [-0.2, -0.15) is 0 Å². The molecule has 2 saturated heterocycles. The molecule has 0 N–H and O–H groups in total. The molecule has 18 fully saturated rings. The molecule has 16 bridgehead atoms. The van der Waals surface area contributed by atoms with E-state index in [0.29, 0.717) is 22.2 Å². The van der Waals surface area contributed by atoms with Crippen LogP contribution in [0, 0.1) is 71.0 Å². The van der Waals surface area contributed by atoms with Crippen molar-refractivity contribution in [2.75, 3.05) is 26.2 Å². The smallest absolute Gasteiger partial charge is 0.418 e. The van der Waals surface area contributed by atoms with Gasteiger partial charge in [0.25, 0.3) is 0 Å². The Kier molecular flexibility index (Phi) is 8.16. The second-order valence-corrected chi connectivity index (χ2v) is 25.3. The van der Waals surface area contributed by atoms with Crippen molar-refractivity contribution >= 4 is 16.6 Å². The second-order valence-electron chi connectivity index (χ2n) is 24.2. The summed E-state index contributed by atoms with van der Waals surface area (Å²) in [6, 6.07) is 0. The monoisotopic (exact) mass is 826 g/mol. The Morgan fingerprint density at radius 3 is 0.607 bits per heavy atom. The van der Waals surface area contributed by atoms with Gasteiger partial charge in [-0.25, -0.2) is 0 Å². The van der Waals surface area contributed by atoms with Gasteiger partial charge in [0.2, 0.25) is 0 Å². The van der Waals surface area contributed by atoms with E-state index in [1.54, 1.807) is 77.0 Å². The number of hydrogen-bond donors (Lipinski definition) is 0. The van der Waals surface area contributed by atoms with Crippen LogP contribution in [-0.4, -0.2) is 84.5 Å². The maximum Gasteiger partial charge on any atom is 0.673 e. The molecule has 315 valence electrons. The fraction of sp³-hybridized carbons (Fsp3) is 0.957. The Balaban J connectivity index is 0.000000626. The molecular weight excluding hydrogens is 759 g/mol. The SMILES string of the molecule is C1C2CC3CC1CC(N1CCN(C45CC6CC(CC(C6)C4)C5)[C]1=[Cu]=[C]1N(C45CC6CC(CC(C6)C4)C5)CCN1C14CC5CC(CC(C5)C1)C4)(C2)C3.F[B-](F)(F)F. The first-order chi connectivity index (χ1) is 26.9. The van der Waals surface area contributed by atoms with E-state index in [1.165, 1.54) is 103 Å². The third-order valence-corrected chi connectivity index (χ3v) is 21.8. The van der Waals surface area contributed by atoms with Gasteiger partial charge in [0.15, 0.2) is 0 Å². The minimum atomic E-state index is -6.00. The normalized spacial score (nSPS) is 55.4. The summed E-state index contributed by atoms with van der Waals surface area (Å²) >= 11 is 2.63. The molecule has 18 aliphatic rings. The van der Waals surface area contributed by atoms with Crippen molar-refractivity contribution in [3.8, 4) is 0 Å². The van der Waals surface area contributed by atoms with E-state index in [9.17, 15) is 17.3 Å². The van der Waals surface area contributed by atoms with Crippen molar-refractivity contribution < 1.29 is 31.3 Å². The molecule has 10 heteroatoms. The summed E-state index contributed by atoms with van der Waals surface area (Å²) in [4.78, 5) is 13.0. The van der Waals surface area contributed by atoms with Gasteiger partial charge in [-0.3, -0.25) is 0 Å². The first-order valence-corrected chi connectivity index (χ1v) is 25.1. The summed E-state index contributed by atoms with van der Waals surface area (Å²) < 4.78 is 42.7. The van der Waals surface area contributed by atoms with Crippen LogP contribution < -0.4 is 0 Å². The maximum atomic E-state index is 9.75. The van der Waals surface area contributed by atoms with Gasteiger partial charge in [0, 0.05) is 0 Å².